The van der Waals surface area contributed by atoms with Crippen molar-refractivity contribution in [2.75, 3.05) is 13.2 Å². The van der Waals surface area contributed by atoms with E-state index in [1.807, 2.05) is 0 Å². The summed E-state index contributed by atoms with van der Waals surface area (Å²) in [5.74, 6) is 0.697. The number of aryl methyl sites for hydroxylation is 1. The van der Waals surface area contributed by atoms with E-state index in [0.29, 0.717) is 0 Å². The Morgan fingerprint density at radius 3 is 2.47 bits per heavy atom. The van der Waals surface area contributed by atoms with E-state index < -0.39 is 39.2 Å². The third-order valence-corrected chi connectivity index (χ3v) is 5.06. The first-order valence-electron chi connectivity index (χ1n) is 8.31. The van der Waals surface area contributed by atoms with Crippen LogP contribution in [0, 0.1) is 29.4 Å². The highest BCUT2D eigenvalue weighted by Crippen LogP contribution is 2.25. The van der Waals surface area contributed by atoms with Gasteiger partial charge in [0.05, 0.1) is 17.0 Å². The van der Waals surface area contributed by atoms with Crippen LogP contribution in [0.1, 0.15) is 15.9 Å². The first-order chi connectivity index (χ1) is 14.1. The number of benzene rings is 2. The van der Waals surface area contributed by atoms with Crippen LogP contribution < -0.4 is 9.50 Å². The van der Waals surface area contributed by atoms with Gasteiger partial charge in [-0.15, -0.1) is 6.42 Å². The van der Waals surface area contributed by atoms with Crippen LogP contribution >= 0.6 is 0 Å². The SMILES string of the molecule is C#CCNC(=O)COC(=O)c1ccc(OS(=O)(=O)c2cc([N+](=O)[O-])ccc2C)cc1. The van der Waals surface area contributed by atoms with Gasteiger partial charge in [-0.1, -0.05) is 12.0 Å². The molecule has 0 aliphatic carbocycles. The first-order valence-corrected chi connectivity index (χ1v) is 9.72. The van der Waals surface area contributed by atoms with Crippen LogP contribution in [0.25, 0.3) is 0 Å². The summed E-state index contributed by atoms with van der Waals surface area (Å²) in [5.41, 5.74) is -0.0768. The molecule has 0 atom stereocenters. The molecule has 1 N–H and O–H groups in total. The predicted molar refractivity (Wildman–Crippen MR) is 104 cm³/mol. The van der Waals surface area contributed by atoms with E-state index in [2.05, 4.69) is 11.2 Å². The Morgan fingerprint density at radius 2 is 1.87 bits per heavy atom. The lowest BCUT2D eigenvalue weighted by molar-refractivity contribution is -0.385. The summed E-state index contributed by atoms with van der Waals surface area (Å²) in [7, 11) is -4.35. The van der Waals surface area contributed by atoms with E-state index >= 15 is 0 Å². The number of carbonyl (C=O) groups excluding carboxylic acids is 2. The second kappa shape index (κ2) is 9.53. The van der Waals surface area contributed by atoms with Crippen molar-refractivity contribution in [2.24, 2.45) is 0 Å². The van der Waals surface area contributed by atoms with Gasteiger partial charge in [0.1, 0.15) is 10.6 Å². The Hall–Kier alpha value is -3.91. The Kier molecular flexibility index (Phi) is 7.11. The number of nitrogens with one attached hydrogen (secondary N) is 1. The molecule has 2 aromatic rings. The maximum atomic E-state index is 12.5. The van der Waals surface area contributed by atoms with Crippen LogP contribution in [0.5, 0.6) is 5.75 Å². The molecule has 2 rings (SSSR count). The first kappa shape index (κ1) is 22.4. The third-order valence-electron chi connectivity index (χ3n) is 3.67. The van der Waals surface area contributed by atoms with Gasteiger partial charge in [-0.2, -0.15) is 8.42 Å². The van der Waals surface area contributed by atoms with Gasteiger partial charge >= 0.3 is 16.1 Å². The van der Waals surface area contributed by atoms with Crippen molar-refractivity contribution in [3.8, 4) is 18.1 Å². The van der Waals surface area contributed by atoms with Gasteiger partial charge in [0.15, 0.2) is 6.61 Å². The van der Waals surface area contributed by atoms with Gasteiger partial charge in [0, 0.05) is 12.1 Å². The lowest BCUT2D eigenvalue weighted by Gasteiger charge is -2.10. The minimum absolute atomic E-state index is 0.000932. The largest absolute Gasteiger partial charge is 0.452 e. The zero-order chi connectivity index (χ0) is 22.3. The molecule has 0 bridgehead atoms. The Morgan fingerprint density at radius 1 is 1.20 bits per heavy atom. The molecule has 0 radical (unpaired) electrons. The van der Waals surface area contributed by atoms with Crippen LogP contribution in [-0.4, -0.2) is 38.4 Å². The van der Waals surface area contributed by atoms with E-state index in [0.717, 1.165) is 6.07 Å². The Bertz CT molecular complexity index is 1120. The summed E-state index contributed by atoms with van der Waals surface area (Å²) in [6.45, 7) is 0.943. The van der Waals surface area contributed by atoms with E-state index in [9.17, 15) is 28.1 Å². The average molecular weight is 432 g/mol. The number of rotatable bonds is 8. The molecule has 0 aliphatic heterocycles. The number of nitrogens with zero attached hydrogens (tertiary/aromatic N) is 1. The second-order valence-electron chi connectivity index (χ2n) is 5.83. The van der Waals surface area contributed by atoms with Gasteiger partial charge in [-0.05, 0) is 36.8 Å². The number of hydrogen-bond donors (Lipinski definition) is 1. The molecule has 2 aromatic carbocycles. The summed E-state index contributed by atoms with van der Waals surface area (Å²) >= 11 is 0. The van der Waals surface area contributed by atoms with Crippen molar-refractivity contribution in [3.05, 3.63) is 63.7 Å². The molecular formula is C19H16N2O8S. The standard InChI is InChI=1S/C19H16N2O8S/c1-3-10-20-18(22)12-28-19(23)14-5-8-16(9-6-14)29-30(26,27)17-11-15(21(24)25)7-4-13(17)2/h1,4-9,11H,10,12H2,2H3,(H,20,22). The number of carbonyl (C=O) groups is 2. The van der Waals surface area contributed by atoms with Crippen molar-refractivity contribution in [1.29, 1.82) is 0 Å². The number of non-ortho nitro benzene ring substituents is 1. The zero-order valence-electron chi connectivity index (χ0n) is 15.7. The molecule has 0 saturated heterocycles. The van der Waals surface area contributed by atoms with E-state index in [1.54, 1.807) is 0 Å². The number of hydrogen-bond acceptors (Lipinski definition) is 8. The van der Waals surface area contributed by atoms with Gasteiger partial charge < -0.3 is 14.2 Å². The topological polar surface area (TPSA) is 142 Å². The highest BCUT2D eigenvalue weighted by Gasteiger charge is 2.23. The predicted octanol–water partition coefficient (Wildman–Crippen LogP) is 1.58. The molecule has 0 fully saturated rings. The number of nitro benzene ring substituents is 1. The maximum Gasteiger partial charge on any atom is 0.339 e. The number of nitro groups is 1. The number of esters is 1. The van der Waals surface area contributed by atoms with Gasteiger partial charge in [0.2, 0.25) is 0 Å². The maximum absolute atomic E-state index is 12.5. The molecule has 11 heteroatoms. The molecular weight excluding hydrogens is 416 g/mol. The Labute approximate surface area is 172 Å². The normalized spacial score (nSPS) is 10.5. The van der Waals surface area contributed by atoms with Crippen LogP contribution in [0.3, 0.4) is 0 Å². The van der Waals surface area contributed by atoms with Gasteiger partial charge in [-0.25, -0.2) is 4.79 Å². The molecule has 0 heterocycles. The van der Waals surface area contributed by atoms with Crippen molar-refractivity contribution in [3.63, 3.8) is 0 Å². The van der Waals surface area contributed by atoms with Crippen molar-refractivity contribution < 1.29 is 31.9 Å². The molecule has 30 heavy (non-hydrogen) atoms. The fourth-order valence-electron chi connectivity index (χ4n) is 2.20. The monoisotopic (exact) mass is 432 g/mol. The van der Waals surface area contributed by atoms with Crippen molar-refractivity contribution >= 4 is 27.7 Å². The molecule has 0 spiro atoms. The van der Waals surface area contributed by atoms with Crippen molar-refractivity contribution in [2.45, 2.75) is 11.8 Å². The summed E-state index contributed by atoms with van der Waals surface area (Å²) < 4.78 is 34.8. The summed E-state index contributed by atoms with van der Waals surface area (Å²) in [4.78, 5) is 33.1. The lowest BCUT2D eigenvalue weighted by Crippen LogP contribution is -2.28. The zero-order valence-corrected chi connectivity index (χ0v) is 16.5. The highest BCUT2D eigenvalue weighted by molar-refractivity contribution is 7.87. The number of amides is 1. The number of ether oxygens (including phenoxy) is 1. The highest BCUT2D eigenvalue weighted by atomic mass is 32.2. The quantitative estimate of drug-likeness (QED) is 0.218. The number of terminal acetylenes is 1. The molecule has 0 aromatic heterocycles. The fraction of sp³-hybridized carbons (Fsp3) is 0.158. The third kappa shape index (κ3) is 5.79. The molecule has 1 amide bonds. The van der Waals surface area contributed by atoms with Crippen LogP contribution in [0.2, 0.25) is 0 Å². The summed E-state index contributed by atoms with van der Waals surface area (Å²) in [5, 5.41) is 13.2. The van der Waals surface area contributed by atoms with Crippen LogP contribution in [-0.2, 0) is 19.6 Å². The van der Waals surface area contributed by atoms with E-state index in [4.69, 9.17) is 15.3 Å². The summed E-state index contributed by atoms with van der Waals surface area (Å²) in [6, 6.07) is 8.29. The fourth-order valence-corrected chi connectivity index (χ4v) is 3.39. The minimum atomic E-state index is -4.35. The molecule has 10 nitrogen and oxygen atoms in total. The van der Waals surface area contributed by atoms with Crippen molar-refractivity contribution in [1.82, 2.24) is 5.32 Å². The van der Waals surface area contributed by atoms with Gasteiger partial charge in [0.25, 0.3) is 11.6 Å². The average Bonchev–Trinajstić information content (AvgIpc) is 2.70. The minimum Gasteiger partial charge on any atom is -0.452 e. The van der Waals surface area contributed by atoms with Crippen LogP contribution in [0.4, 0.5) is 5.69 Å². The van der Waals surface area contributed by atoms with Gasteiger partial charge in [-0.3, -0.25) is 14.9 Å². The van der Waals surface area contributed by atoms with E-state index in [-0.39, 0.29) is 28.3 Å². The molecule has 156 valence electrons. The molecule has 0 aliphatic rings. The second-order valence-corrected chi connectivity index (χ2v) is 7.34. The molecule has 0 unspecified atom stereocenters. The Balaban J connectivity index is 2.09. The smallest absolute Gasteiger partial charge is 0.339 e. The molecule has 0 saturated carbocycles. The van der Waals surface area contributed by atoms with Crippen LogP contribution in [0.15, 0.2) is 47.4 Å². The lowest BCUT2D eigenvalue weighted by atomic mass is 10.2. The van der Waals surface area contributed by atoms with E-state index in [1.165, 1.54) is 43.3 Å². The summed E-state index contributed by atoms with van der Waals surface area (Å²) in [6.07, 6.45) is 4.99.